The lowest BCUT2D eigenvalue weighted by Crippen LogP contribution is -2.25. The van der Waals surface area contributed by atoms with Gasteiger partial charge in [0.15, 0.2) is 0 Å². The summed E-state index contributed by atoms with van der Waals surface area (Å²) in [6.07, 6.45) is 0. The predicted octanol–water partition coefficient (Wildman–Crippen LogP) is 2.30. The van der Waals surface area contributed by atoms with Gasteiger partial charge in [0.1, 0.15) is 5.82 Å². The van der Waals surface area contributed by atoms with Crippen LogP contribution in [0.25, 0.3) is 10.9 Å². The van der Waals surface area contributed by atoms with Crippen LogP contribution >= 0.6 is 0 Å². The first kappa shape index (κ1) is 10.9. The molecule has 16 heavy (non-hydrogen) atoms. The Hall–Kier alpha value is -1.61. The fourth-order valence-electron chi connectivity index (χ4n) is 1.71. The van der Waals surface area contributed by atoms with Gasteiger partial charge in [-0.25, -0.2) is 4.98 Å². The molecular weight excluding hydrogens is 198 g/mol. The third kappa shape index (κ3) is 2.31. The van der Waals surface area contributed by atoms with Gasteiger partial charge in [0.25, 0.3) is 0 Å². The minimum Gasteiger partial charge on any atom is -0.369 e. The number of para-hydroxylation sites is 1. The van der Waals surface area contributed by atoms with E-state index in [0.29, 0.717) is 0 Å². The molecule has 0 saturated carbocycles. The normalized spacial score (nSPS) is 12.7. The molecule has 0 aliphatic heterocycles. The van der Waals surface area contributed by atoms with E-state index in [4.69, 9.17) is 5.73 Å². The Labute approximate surface area is 95.7 Å². The number of fused-ring (bicyclic) bond motifs is 1. The summed E-state index contributed by atoms with van der Waals surface area (Å²) >= 11 is 0. The van der Waals surface area contributed by atoms with E-state index in [1.807, 2.05) is 25.1 Å². The van der Waals surface area contributed by atoms with Crippen molar-refractivity contribution in [2.24, 2.45) is 5.73 Å². The zero-order chi connectivity index (χ0) is 11.5. The standard InChI is InChI=1S/C13H17N3/c1-9-7-13(15-8-10(2)14)16-12-6-4-3-5-11(9)12/h3-7,10H,8,14H2,1-2H3,(H,15,16). The molecule has 0 bridgehead atoms. The van der Waals surface area contributed by atoms with Gasteiger partial charge in [-0.3, -0.25) is 0 Å². The van der Waals surface area contributed by atoms with Crippen molar-refractivity contribution in [2.45, 2.75) is 19.9 Å². The van der Waals surface area contributed by atoms with Crippen LogP contribution in [-0.2, 0) is 0 Å². The highest BCUT2D eigenvalue weighted by Gasteiger charge is 2.02. The van der Waals surface area contributed by atoms with Crippen LogP contribution in [0, 0.1) is 6.92 Å². The number of aromatic nitrogens is 1. The zero-order valence-corrected chi connectivity index (χ0v) is 9.70. The molecule has 1 aromatic carbocycles. The lowest BCUT2D eigenvalue weighted by molar-refractivity contribution is 0.778. The second kappa shape index (κ2) is 4.49. The number of nitrogens with zero attached hydrogens (tertiary/aromatic N) is 1. The molecule has 1 atom stereocenters. The van der Waals surface area contributed by atoms with Crippen LogP contribution in [0.2, 0.25) is 0 Å². The third-order valence-corrected chi connectivity index (χ3v) is 2.53. The van der Waals surface area contributed by atoms with Crippen molar-refractivity contribution in [1.29, 1.82) is 0 Å². The van der Waals surface area contributed by atoms with E-state index in [0.717, 1.165) is 17.9 Å². The van der Waals surface area contributed by atoms with Crippen molar-refractivity contribution < 1.29 is 0 Å². The fourth-order valence-corrected chi connectivity index (χ4v) is 1.71. The van der Waals surface area contributed by atoms with E-state index in [9.17, 15) is 0 Å². The second-order valence-electron chi connectivity index (χ2n) is 4.20. The van der Waals surface area contributed by atoms with Gasteiger partial charge in [-0.1, -0.05) is 18.2 Å². The lowest BCUT2D eigenvalue weighted by Gasteiger charge is -2.10. The van der Waals surface area contributed by atoms with E-state index in [-0.39, 0.29) is 6.04 Å². The molecule has 0 aliphatic rings. The Morgan fingerprint density at radius 3 is 2.88 bits per heavy atom. The van der Waals surface area contributed by atoms with Crippen molar-refractivity contribution in [1.82, 2.24) is 4.98 Å². The highest BCUT2D eigenvalue weighted by atomic mass is 15.0. The largest absolute Gasteiger partial charge is 0.369 e. The number of rotatable bonds is 3. The summed E-state index contributed by atoms with van der Waals surface area (Å²) in [4.78, 5) is 4.54. The summed E-state index contributed by atoms with van der Waals surface area (Å²) in [5.74, 6) is 0.897. The van der Waals surface area contributed by atoms with Crippen LogP contribution in [-0.4, -0.2) is 17.6 Å². The lowest BCUT2D eigenvalue weighted by atomic mass is 10.1. The number of benzene rings is 1. The SMILES string of the molecule is Cc1cc(NCC(C)N)nc2ccccc12. The molecule has 0 spiro atoms. The zero-order valence-electron chi connectivity index (χ0n) is 9.70. The summed E-state index contributed by atoms with van der Waals surface area (Å²) in [5, 5.41) is 4.44. The maximum absolute atomic E-state index is 5.70. The molecule has 2 aromatic rings. The number of anilines is 1. The minimum atomic E-state index is 0.133. The molecule has 1 unspecified atom stereocenters. The molecule has 1 aromatic heterocycles. The van der Waals surface area contributed by atoms with Gasteiger partial charge in [-0.05, 0) is 31.5 Å². The molecule has 0 saturated heterocycles. The van der Waals surface area contributed by atoms with Crippen LogP contribution in [0.1, 0.15) is 12.5 Å². The monoisotopic (exact) mass is 215 g/mol. The van der Waals surface area contributed by atoms with E-state index < -0.39 is 0 Å². The Morgan fingerprint density at radius 1 is 1.38 bits per heavy atom. The van der Waals surface area contributed by atoms with Crippen molar-refractivity contribution in [2.75, 3.05) is 11.9 Å². The Balaban J connectivity index is 2.34. The maximum atomic E-state index is 5.70. The smallest absolute Gasteiger partial charge is 0.126 e. The molecule has 1 heterocycles. The summed E-state index contributed by atoms with van der Waals surface area (Å²) in [7, 11) is 0. The highest BCUT2D eigenvalue weighted by Crippen LogP contribution is 2.19. The quantitative estimate of drug-likeness (QED) is 0.826. The summed E-state index contributed by atoms with van der Waals surface area (Å²) in [5.41, 5.74) is 7.96. The molecule has 3 N–H and O–H groups in total. The molecule has 3 heteroatoms. The number of hydrogen-bond acceptors (Lipinski definition) is 3. The van der Waals surface area contributed by atoms with E-state index in [2.05, 4.69) is 29.4 Å². The summed E-state index contributed by atoms with van der Waals surface area (Å²) in [6.45, 7) is 4.81. The topological polar surface area (TPSA) is 50.9 Å². The first-order valence-electron chi connectivity index (χ1n) is 5.52. The molecule has 0 radical (unpaired) electrons. The second-order valence-corrected chi connectivity index (χ2v) is 4.20. The van der Waals surface area contributed by atoms with Crippen LogP contribution < -0.4 is 11.1 Å². The van der Waals surface area contributed by atoms with Crippen LogP contribution in [0.15, 0.2) is 30.3 Å². The van der Waals surface area contributed by atoms with Gasteiger partial charge >= 0.3 is 0 Å². The number of pyridine rings is 1. The molecular formula is C13H17N3. The Kier molecular flexibility index (Phi) is 3.06. The predicted molar refractivity (Wildman–Crippen MR) is 68.6 cm³/mol. The van der Waals surface area contributed by atoms with Crippen LogP contribution in [0.5, 0.6) is 0 Å². The summed E-state index contributed by atoms with van der Waals surface area (Å²) in [6, 6.07) is 10.3. The van der Waals surface area contributed by atoms with Crippen molar-refractivity contribution in [3.8, 4) is 0 Å². The fraction of sp³-hybridized carbons (Fsp3) is 0.308. The molecule has 84 valence electrons. The van der Waals surface area contributed by atoms with Crippen molar-refractivity contribution >= 4 is 16.7 Å². The van der Waals surface area contributed by atoms with Crippen LogP contribution in [0.4, 0.5) is 5.82 Å². The first-order valence-corrected chi connectivity index (χ1v) is 5.52. The highest BCUT2D eigenvalue weighted by molar-refractivity contribution is 5.83. The number of nitrogens with two attached hydrogens (primary N) is 1. The van der Waals surface area contributed by atoms with Gasteiger partial charge in [-0.15, -0.1) is 0 Å². The van der Waals surface area contributed by atoms with Crippen molar-refractivity contribution in [3.63, 3.8) is 0 Å². The van der Waals surface area contributed by atoms with Gasteiger partial charge in [-0.2, -0.15) is 0 Å². The molecule has 0 aliphatic carbocycles. The number of hydrogen-bond donors (Lipinski definition) is 2. The molecule has 0 amide bonds. The van der Waals surface area contributed by atoms with Gasteiger partial charge in [0, 0.05) is 18.0 Å². The van der Waals surface area contributed by atoms with E-state index in [1.54, 1.807) is 0 Å². The van der Waals surface area contributed by atoms with Gasteiger partial charge in [0.2, 0.25) is 0 Å². The molecule has 3 nitrogen and oxygen atoms in total. The van der Waals surface area contributed by atoms with E-state index in [1.165, 1.54) is 10.9 Å². The van der Waals surface area contributed by atoms with Gasteiger partial charge in [0.05, 0.1) is 5.52 Å². The van der Waals surface area contributed by atoms with Crippen LogP contribution in [0.3, 0.4) is 0 Å². The number of nitrogens with one attached hydrogen (secondary N) is 1. The molecule has 2 rings (SSSR count). The third-order valence-electron chi connectivity index (χ3n) is 2.53. The average Bonchev–Trinajstić information content (AvgIpc) is 2.26. The van der Waals surface area contributed by atoms with E-state index >= 15 is 0 Å². The summed E-state index contributed by atoms with van der Waals surface area (Å²) < 4.78 is 0. The maximum Gasteiger partial charge on any atom is 0.126 e. The first-order chi connectivity index (χ1) is 7.66. The van der Waals surface area contributed by atoms with Gasteiger partial charge < -0.3 is 11.1 Å². The number of aryl methyl sites for hydroxylation is 1. The Bertz CT molecular complexity index is 492. The molecule has 0 fully saturated rings. The Morgan fingerprint density at radius 2 is 2.12 bits per heavy atom. The minimum absolute atomic E-state index is 0.133. The average molecular weight is 215 g/mol. The van der Waals surface area contributed by atoms with Crippen molar-refractivity contribution in [3.05, 3.63) is 35.9 Å².